The second-order valence-electron chi connectivity index (χ2n) is 3.12. The molecule has 1 atom stereocenters. The van der Waals surface area contributed by atoms with Crippen molar-refractivity contribution in [1.82, 2.24) is 0 Å². The lowest BCUT2D eigenvalue weighted by molar-refractivity contribution is -0.291. The molecule has 1 nitrogen and oxygen atoms in total. The summed E-state index contributed by atoms with van der Waals surface area (Å²) in [5.41, 5.74) is 3.88. The van der Waals surface area contributed by atoms with Crippen molar-refractivity contribution < 1.29 is 26.3 Å². The van der Waals surface area contributed by atoms with Crippen LogP contribution < -0.4 is 5.73 Å². The minimum Gasteiger partial charge on any atom is -0.319 e. The molecule has 1 aromatic rings. The largest absolute Gasteiger partial charge is 0.455 e. The summed E-state index contributed by atoms with van der Waals surface area (Å²) < 4.78 is 74.4. The lowest BCUT2D eigenvalue weighted by Crippen LogP contribution is -2.46. The lowest BCUT2D eigenvalue weighted by Gasteiger charge is -2.26. The van der Waals surface area contributed by atoms with Gasteiger partial charge in [0.05, 0.1) is 0 Å². The molecular formula is C9H7F6N. The third kappa shape index (κ3) is 2.13. The molecule has 7 heteroatoms. The maximum absolute atomic E-state index is 13.0. The van der Waals surface area contributed by atoms with Crippen molar-refractivity contribution in [1.29, 1.82) is 0 Å². The molecule has 1 aromatic carbocycles. The van der Waals surface area contributed by atoms with Gasteiger partial charge in [0.2, 0.25) is 0 Å². The maximum Gasteiger partial charge on any atom is 0.455 e. The van der Waals surface area contributed by atoms with Crippen LogP contribution in [-0.4, -0.2) is 12.1 Å². The fourth-order valence-corrected chi connectivity index (χ4v) is 1.10. The van der Waals surface area contributed by atoms with E-state index in [-0.39, 0.29) is 0 Å². The van der Waals surface area contributed by atoms with Crippen LogP contribution in [0.1, 0.15) is 11.6 Å². The third-order valence-corrected chi connectivity index (χ3v) is 2.01. The van der Waals surface area contributed by atoms with Gasteiger partial charge in [0.1, 0.15) is 11.9 Å². The molecule has 0 amide bonds. The molecule has 0 unspecified atom stereocenters. The zero-order valence-electron chi connectivity index (χ0n) is 7.73. The van der Waals surface area contributed by atoms with E-state index >= 15 is 0 Å². The predicted octanol–water partition coefficient (Wildman–Crippen LogP) is 3.02. The molecular weight excluding hydrogens is 236 g/mol. The van der Waals surface area contributed by atoms with Crippen LogP contribution in [0.5, 0.6) is 0 Å². The standard InChI is InChI=1S/C9H7F6N/c10-6-4-2-1-3-5(6)7(16)8(11,12)9(13,14)15/h1-4,7H,16H2/t7-/m0/s1. The van der Waals surface area contributed by atoms with Gasteiger partial charge in [-0.3, -0.25) is 0 Å². The Morgan fingerprint density at radius 1 is 1.00 bits per heavy atom. The monoisotopic (exact) mass is 243 g/mol. The van der Waals surface area contributed by atoms with Crippen LogP contribution in [0.2, 0.25) is 0 Å². The Kier molecular flexibility index (Phi) is 3.18. The van der Waals surface area contributed by atoms with E-state index in [9.17, 15) is 26.3 Å². The third-order valence-electron chi connectivity index (χ3n) is 2.01. The Balaban J connectivity index is 3.12. The van der Waals surface area contributed by atoms with Gasteiger partial charge in [-0.2, -0.15) is 22.0 Å². The molecule has 0 bridgehead atoms. The van der Waals surface area contributed by atoms with Gasteiger partial charge in [-0.15, -0.1) is 0 Å². The Labute approximate surface area is 86.9 Å². The summed E-state index contributed by atoms with van der Waals surface area (Å²) in [7, 11) is 0. The number of hydrogen-bond acceptors (Lipinski definition) is 1. The molecule has 0 saturated carbocycles. The van der Waals surface area contributed by atoms with E-state index in [1.807, 2.05) is 0 Å². The summed E-state index contributed by atoms with van der Waals surface area (Å²) in [6.45, 7) is 0. The van der Waals surface area contributed by atoms with Crippen molar-refractivity contribution in [3.63, 3.8) is 0 Å². The first kappa shape index (κ1) is 12.8. The van der Waals surface area contributed by atoms with Gasteiger partial charge in [-0.25, -0.2) is 4.39 Å². The number of hydrogen-bond donors (Lipinski definition) is 1. The van der Waals surface area contributed by atoms with E-state index in [4.69, 9.17) is 5.73 Å². The Morgan fingerprint density at radius 2 is 1.50 bits per heavy atom. The fourth-order valence-electron chi connectivity index (χ4n) is 1.10. The van der Waals surface area contributed by atoms with Gasteiger partial charge in [0.25, 0.3) is 0 Å². The van der Waals surface area contributed by atoms with Crippen LogP contribution in [0.15, 0.2) is 24.3 Å². The average Bonchev–Trinajstić information content (AvgIpc) is 2.15. The molecule has 0 radical (unpaired) electrons. The lowest BCUT2D eigenvalue weighted by atomic mass is 10.0. The van der Waals surface area contributed by atoms with Crippen molar-refractivity contribution in [2.75, 3.05) is 0 Å². The summed E-state index contributed by atoms with van der Waals surface area (Å²) in [5, 5.41) is 0. The zero-order valence-corrected chi connectivity index (χ0v) is 7.73. The SMILES string of the molecule is N[C@@H](c1ccccc1F)C(F)(F)C(F)(F)F. The minimum absolute atomic E-state index is 0.766. The van der Waals surface area contributed by atoms with Crippen LogP contribution in [0.25, 0.3) is 0 Å². The van der Waals surface area contributed by atoms with Crippen molar-refractivity contribution >= 4 is 0 Å². The van der Waals surface area contributed by atoms with Crippen LogP contribution in [-0.2, 0) is 0 Å². The summed E-state index contributed by atoms with van der Waals surface area (Å²) in [6.07, 6.45) is -5.81. The normalized spacial score (nSPS) is 14.9. The highest BCUT2D eigenvalue weighted by Crippen LogP contribution is 2.43. The van der Waals surface area contributed by atoms with E-state index in [2.05, 4.69) is 0 Å². The highest BCUT2D eigenvalue weighted by atomic mass is 19.4. The topological polar surface area (TPSA) is 26.0 Å². The highest BCUT2D eigenvalue weighted by molar-refractivity contribution is 5.23. The molecule has 0 saturated heterocycles. The molecule has 0 aliphatic rings. The summed E-state index contributed by atoms with van der Waals surface area (Å²) in [6, 6.07) is 1.09. The summed E-state index contributed by atoms with van der Waals surface area (Å²) in [4.78, 5) is 0. The van der Waals surface area contributed by atoms with Crippen molar-refractivity contribution in [2.24, 2.45) is 5.73 Å². The first-order chi connectivity index (χ1) is 7.18. The van der Waals surface area contributed by atoms with E-state index < -0.39 is 29.5 Å². The molecule has 90 valence electrons. The number of rotatable bonds is 2. The predicted molar refractivity (Wildman–Crippen MR) is 44.3 cm³/mol. The second kappa shape index (κ2) is 3.97. The number of nitrogens with two attached hydrogens (primary N) is 1. The average molecular weight is 243 g/mol. The highest BCUT2D eigenvalue weighted by Gasteiger charge is 2.62. The Bertz CT molecular complexity index is 373. The first-order valence-corrected chi connectivity index (χ1v) is 4.12. The number of halogens is 6. The zero-order chi connectivity index (χ0) is 12.6. The minimum atomic E-state index is -5.81. The Hall–Kier alpha value is -1.24. The van der Waals surface area contributed by atoms with E-state index in [1.54, 1.807) is 0 Å². The smallest absolute Gasteiger partial charge is 0.319 e. The van der Waals surface area contributed by atoms with Crippen molar-refractivity contribution in [3.05, 3.63) is 35.6 Å². The molecule has 0 fully saturated rings. The van der Waals surface area contributed by atoms with Crippen molar-refractivity contribution in [3.8, 4) is 0 Å². The molecule has 0 aliphatic carbocycles. The number of alkyl halides is 5. The summed E-state index contributed by atoms with van der Waals surface area (Å²) in [5.74, 6) is -6.37. The van der Waals surface area contributed by atoms with Gasteiger partial charge < -0.3 is 5.73 Å². The molecule has 0 aromatic heterocycles. The van der Waals surface area contributed by atoms with Crippen LogP contribution in [0.4, 0.5) is 26.3 Å². The van der Waals surface area contributed by atoms with Gasteiger partial charge in [-0.1, -0.05) is 18.2 Å². The molecule has 1 rings (SSSR count). The fraction of sp³-hybridized carbons (Fsp3) is 0.333. The van der Waals surface area contributed by atoms with Gasteiger partial charge >= 0.3 is 12.1 Å². The molecule has 0 heterocycles. The molecule has 0 aliphatic heterocycles. The molecule has 2 N–H and O–H groups in total. The van der Waals surface area contributed by atoms with E-state index in [0.29, 0.717) is 0 Å². The first-order valence-electron chi connectivity index (χ1n) is 4.12. The van der Waals surface area contributed by atoms with Crippen molar-refractivity contribution in [2.45, 2.75) is 18.1 Å². The van der Waals surface area contributed by atoms with Crippen LogP contribution >= 0.6 is 0 Å². The summed E-state index contributed by atoms with van der Waals surface area (Å²) >= 11 is 0. The van der Waals surface area contributed by atoms with Gasteiger partial charge in [-0.05, 0) is 6.07 Å². The van der Waals surface area contributed by atoms with Gasteiger partial charge in [0, 0.05) is 5.56 Å². The Morgan fingerprint density at radius 3 is 1.94 bits per heavy atom. The van der Waals surface area contributed by atoms with Crippen LogP contribution in [0.3, 0.4) is 0 Å². The maximum atomic E-state index is 13.0. The number of benzene rings is 1. The second-order valence-corrected chi connectivity index (χ2v) is 3.12. The van der Waals surface area contributed by atoms with Gasteiger partial charge in [0.15, 0.2) is 0 Å². The van der Waals surface area contributed by atoms with E-state index in [1.165, 1.54) is 0 Å². The van der Waals surface area contributed by atoms with E-state index in [0.717, 1.165) is 24.3 Å². The van der Waals surface area contributed by atoms with Crippen LogP contribution in [0, 0.1) is 5.82 Å². The molecule has 0 spiro atoms. The quantitative estimate of drug-likeness (QED) is 0.794. The molecule has 16 heavy (non-hydrogen) atoms.